The summed E-state index contributed by atoms with van der Waals surface area (Å²) in [6, 6.07) is 18.8. The molecule has 1 saturated carbocycles. The number of ether oxygens (including phenoxy) is 2. The van der Waals surface area contributed by atoms with Crippen molar-refractivity contribution < 1.29 is 14.3 Å². The SMILES string of the molecule is O=C1[C@H](COc2ccc(C3CCCCC3)cc2)Oc2nc(=O)cc(-c3ccccc3)n21. The molecule has 6 heteroatoms. The normalized spacial score (nSPS) is 18.5. The molecule has 1 fully saturated rings. The molecule has 0 spiro atoms. The molecule has 1 atom stereocenters. The second-order valence-electron chi connectivity index (χ2n) is 8.12. The zero-order chi connectivity index (χ0) is 21.2. The molecule has 2 aliphatic rings. The maximum Gasteiger partial charge on any atom is 0.308 e. The number of aromatic nitrogens is 2. The van der Waals surface area contributed by atoms with Gasteiger partial charge in [-0.1, -0.05) is 61.7 Å². The van der Waals surface area contributed by atoms with Crippen LogP contribution in [-0.4, -0.2) is 28.2 Å². The van der Waals surface area contributed by atoms with Gasteiger partial charge in [-0.05, 0) is 42.0 Å². The molecule has 6 nitrogen and oxygen atoms in total. The zero-order valence-electron chi connectivity index (χ0n) is 17.2. The van der Waals surface area contributed by atoms with Gasteiger partial charge in [-0.3, -0.25) is 9.59 Å². The number of fused-ring (bicyclic) bond motifs is 1. The zero-order valence-corrected chi connectivity index (χ0v) is 17.2. The van der Waals surface area contributed by atoms with Gasteiger partial charge in [0, 0.05) is 6.07 Å². The molecule has 1 aliphatic heterocycles. The number of benzene rings is 2. The van der Waals surface area contributed by atoms with E-state index in [0.29, 0.717) is 17.4 Å². The Kier molecular flexibility index (Phi) is 5.28. The molecule has 2 heterocycles. The van der Waals surface area contributed by atoms with Gasteiger partial charge in [-0.25, -0.2) is 4.57 Å². The van der Waals surface area contributed by atoms with Crippen LogP contribution in [0.25, 0.3) is 11.3 Å². The summed E-state index contributed by atoms with van der Waals surface area (Å²) in [5.74, 6) is 1.04. The van der Waals surface area contributed by atoms with Crippen LogP contribution < -0.4 is 15.0 Å². The number of hydrogen-bond acceptors (Lipinski definition) is 5. The summed E-state index contributed by atoms with van der Waals surface area (Å²) in [5, 5.41) is 0. The molecule has 0 saturated heterocycles. The summed E-state index contributed by atoms with van der Waals surface area (Å²) in [5.41, 5.74) is 2.13. The van der Waals surface area contributed by atoms with Gasteiger partial charge in [0.2, 0.25) is 6.10 Å². The Balaban J connectivity index is 1.30. The van der Waals surface area contributed by atoms with E-state index in [1.165, 1.54) is 48.3 Å². The lowest BCUT2D eigenvalue weighted by Gasteiger charge is -2.22. The fourth-order valence-electron chi connectivity index (χ4n) is 4.45. The number of carbonyl (C=O) groups is 1. The highest BCUT2D eigenvalue weighted by Crippen LogP contribution is 2.33. The standard InChI is InChI=1S/C25H24N2O4/c28-23-15-21(19-9-5-2-6-10-19)27-24(29)22(31-25(27)26-23)16-30-20-13-11-18(12-14-20)17-7-3-1-4-8-17/h2,5-6,9-15,17,22H,1,3-4,7-8,16H2/t22-/m0/s1. The number of rotatable bonds is 5. The molecule has 2 aromatic carbocycles. The van der Waals surface area contributed by atoms with Crippen LogP contribution in [0.2, 0.25) is 0 Å². The van der Waals surface area contributed by atoms with Gasteiger partial charge in [0.05, 0.1) is 5.69 Å². The number of nitrogens with zero attached hydrogens (tertiary/aromatic N) is 2. The van der Waals surface area contributed by atoms with Crippen LogP contribution in [0.1, 0.15) is 48.4 Å². The van der Waals surface area contributed by atoms with Crippen LogP contribution in [0.5, 0.6) is 11.8 Å². The monoisotopic (exact) mass is 416 g/mol. The fraction of sp³-hybridized carbons (Fsp3) is 0.320. The van der Waals surface area contributed by atoms with Crippen molar-refractivity contribution in [2.45, 2.75) is 44.1 Å². The van der Waals surface area contributed by atoms with Gasteiger partial charge < -0.3 is 9.47 Å². The molecule has 158 valence electrons. The smallest absolute Gasteiger partial charge is 0.308 e. The van der Waals surface area contributed by atoms with Crippen LogP contribution in [0.15, 0.2) is 65.5 Å². The van der Waals surface area contributed by atoms with Gasteiger partial charge >= 0.3 is 6.01 Å². The first-order valence-corrected chi connectivity index (χ1v) is 10.8. The van der Waals surface area contributed by atoms with E-state index in [4.69, 9.17) is 9.47 Å². The van der Waals surface area contributed by atoms with E-state index in [1.807, 2.05) is 42.5 Å². The minimum Gasteiger partial charge on any atom is -0.489 e. The summed E-state index contributed by atoms with van der Waals surface area (Å²) in [4.78, 5) is 28.9. The highest BCUT2D eigenvalue weighted by molar-refractivity contribution is 5.91. The molecule has 31 heavy (non-hydrogen) atoms. The Labute approximate surface area is 180 Å². The highest BCUT2D eigenvalue weighted by Gasteiger charge is 2.36. The maximum atomic E-state index is 13.0. The van der Waals surface area contributed by atoms with E-state index in [-0.39, 0.29) is 18.5 Å². The Hall–Kier alpha value is -3.41. The fourth-order valence-corrected chi connectivity index (χ4v) is 4.45. The first-order valence-electron chi connectivity index (χ1n) is 10.8. The van der Waals surface area contributed by atoms with Crippen molar-refractivity contribution in [3.8, 4) is 23.0 Å². The van der Waals surface area contributed by atoms with E-state index in [0.717, 1.165) is 5.56 Å². The molecule has 3 aromatic rings. The van der Waals surface area contributed by atoms with Gasteiger partial charge in [0.15, 0.2) is 0 Å². The molecular formula is C25H24N2O4. The minimum absolute atomic E-state index is 0.0117. The third-order valence-corrected chi connectivity index (χ3v) is 6.07. The highest BCUT2D eigenvalue weighted by atomic mass is 16.6. The average molecular weight is 416 g/mol. The van der Waals surface area contributed by atoms with E-state index in [2.05, 4.69) is 17.1 Å². The van der Waals surface area contributed by atoms with Crippen LogP contribution in [0.4, 0.5) is 0 Å². The second kappa shape index (κ2) is 8.38. The van der Waals surface area contributed by atoms with Crippen molar-refractivity contribution in [3.05, 3.63) is 76.6 Å². The number of hydrogen-bond donors (Lipinski definition) is 0. The molecule has 0 amide bonds. The van der Waals surface area contributed by atoms with Crippen molar-refractivity contribution >= 4 is 5.91 Å². The van der Waals surface area contributed by atoms with Crippen LogP contribution >= 0.6 is 0 Å². The lowest BCUT2D eigenvalue weighted by molar-refractivity contribution is 0.0727. The summed E-state index contributed by atoms with van der Waals surface area (Å²) in [7, 11) is 0. The second-order valence-corrected chi connectivity index (χ2v) is 8.12. The quantitative estimate of drug-likeness (QED) is 0.615. The van der Waals surface area contributed by atoms with E-state index in [9.17, 15) is 9.59 Å². The Bertz CT molecular complexity index is 1130. The lowest BCUT2D eigenvalue weighted by atomic mass is 9.84. The Morgan fingerprint density at radius 3 is 2.45 bits per heavy atom. The van der Waals surface area contributed by atoms with E-state index in [1.54, 1.807) is 0 Å². The van der Waals surface area contributed by atoms with Crippen molar-refractivity contribution in [1.29, 1.82) is 0 Å². The summed E-state index contributed by atoms with van der Waals surface area (Å²) < 4.78 is 12.9. The van der Waals surface area contributed by atoms with Crippen molar-refractivity contribution in [2.75, 3.05) is 6.61 Å². The molecular weight excluding hydrogens is 392 g/mol. The van der Waals surface area contributed by atoms with Crippen LogP contribution in [0, 0.1) is 0 Å². The molecule has 0 N–H and O–H groups in total. The third-order valence-electron chi connectivity index (χ3n) is 6.07. The van der Waals surface area contributed by atoms with Crippen molar-refractivity contribution in [2.24, 2.45) is 0 Å². The largest absolute Gasteiger partial charge is 0.489 e. The third kappa shape index (κ3) is 3.98. The van der Waals surface area contributed by atoms with Crippen molar-refractivity contribution in [3.63, 3.8) is 0 Å². The predicted molar refractivity (Wildman–Crippen MR) is 117 cm³/mol. The Morgan fingerprint density at radius 1 is 0.968 bits per heavy atom. The molecule has 1 aromatic heterocycles. The van der Waals surface area contributed by atoms with Gasteiger partial charge in [0.1, 0.15) is 12.4 Å². The molecule has 1 aliphatic carbocycles. The van der Waals surface area contributed by atoms with Crippen LogP contribution in [-0.2, 0) is 0 Å². The lowest BCUT2D eigenvalue weighted by Crippen LogP contribution is -2.30. The summed E-state index contributed by atoms with van der Waals surface area (Å²) >= 11 is 0. The number of carbonyl (C=O) groups excluding carboxylic acids is 1. The van der Waals surface area contributed by atoms with Gasteiger partial charge in [-0.2, -0.15) is 4.98 Å². The maximum absolute atomic E-state index is 13.0. The minimum atomic E-state index is -0.852. The Morgan fingerprint density at radius 2 is 1.71 bits per heavy atom. The van der Waals surface area contributed by atoms with E-state index >= 15 is 0 Å². The van der Waals surface area contributed by atoms with E-state index < -0.39 is 11.7 Å². The first-order chi connectivity index (χ1) is 15.2. The van der Waals surface area contributed by atoms with Gasteiger partial charge in [-0.15, -0.1) is 0 Å². The molecule has 5 rings (SSSR count). The average Bonchev–Trinajstić information content (AvgIpc) is 3.13. The van der Waals surface area contributed by atoms with Crippen LogP contribution in [0.3, 0.4) is 0 Å². The predicted octanol–water partition coefficient (Wildman–Crippen LogP) is 4.44. The van der Waals surface area contributed by atoms with Crippen molar-refractivity contribution in [1.82, 2.24) is 9.55 Å². The summed E-state index contributed by atoms with van der Waals surface area (Å²) in [6.45, 7) is 0.0490. The molecule has 0 radical (unpaired) electrons. The molecule has 0 unspecified atom stereocenters. The summed E-state index contributed by atoms with van der Waals surface area (Å²) in [6.07, 6.45) is 5.58. The first kappa shape index (κ1) is 19.5. The van der Waals surface area contributed by atoms with Gasteiger partial charge in [0.25, 0.3) is 11.5 Å². The topological polar surface area (TPSA) is 70.4 Å². The molecule has 0 bridgehead atoms.